The molecule has 0 atom stereocenters. The Kier molecular flexibility index (Phi) is 7.78. The number of hydrogen-bond donors (Lipinski definition) is 5. The van der Waals surface area contributed by atoms with Gasteiger partial charge in [-0.25, -0.2) is 14.6 Å². The van der Waals surface area contributed by atoms with Crippen LogP contribution in [-0.4, -0.2) is 60.0 Å². The van der Waals surface area contributed by atoms with Crippen LogP contribution in [0, 0.1) is 5.92 Å². The Hall–Kier alpha value is -2.75. The van der Waals surface area contributed by atoms with Gasteiger partial charge >= 0.3 is 12.2 Å². The molecule has 5 N–H and O–H groups in total. The predicted octanol–water partition coefficient (Wildman–Crippen LogP) is 2.59. The van der Waals surface area contributed by atoms with Gasteiger partial charge in [-0.3, -0.25) is 4.79 Å². The van der Waals surface area contributed by atoms with E-state index in [4.69, 9.17) is 16.7 Å². The number of carboxylic acid groups (broad SMARTS) is 1. The molecule has 0 bridgehead atoms. The van der Waals surface area contributed by atoms with Crippen LogP contribution in [0.2, 0.25) is 5.15 Å². The molecule has 170 valence electrons. The smallest absolute Gasteiger partial charge is 0.406 e. The summed E-state index contributed by atoms with van der Waals surface area (Å²) in [5.41, 5.74) is 1.05. The fourth-order valence-electron chi connectivity index (χ4n) is 4.09. The number of carbonyl (C=O) groups is 3. The summed E-state index contributed by atoms with van der Waals surface area (Å²) in [5.74, 6) is 0.116. The van der Waals surface area contributed by atoms with Crippen molar-refractivity contribution in [3.8, 4) is 0 Å². The molecule has 2 aliphatic carbocycles. The normalized spacial score (nSPS) is 25.0. The number of ether oxygens (including phenoxy) is 1. The minimum absolute atomic E-state index is 0.0136. The molecule has 3 rings (SSSR count). The van der Waals surface area contributed by atoms with Crippen LogP contribution in [0.3, 0.4) is 0 Å². The lowest BCUT2D eigenvalue weighted by Gasteiger charge is -2.37. The number of carbonyl (C=O) groups excluding carboxylic acids is 2. The summed E-state index contributed by atoms with van der Waals surface area (Å²) < 4.78 is 4.57. The van der Waals surface area contributed by atoms with Crippen molar-refractivity contribution in [3.05, 3.63) is 23.0 Å². The van der Waals surface area contributed by atoms with E-state index in [1.807, 2.05) is 0 Å². The molecule has 3 amide bonds. The van der Waals surface area contributed by atoms with Crippen LogP contribution >= 0.6 is 11.6 Å². The maximum absolute atomic E-state index is 12.9. The molecule has 2 fully saturated rings. The zero-order chi connectivity index (χ0) is 22.4. The first-order valence-electron chi connectivity index (χ1n) is 10.4. The fraction of sp³-hybridized carbons (Fsp3) is 0.600. The standard InChI is InChI=1S/C20H28ClN5O5/c1-31-20(30)23-9-11-6-14(7-11)24-16-8-17(21)22-10-15(16)18(27)25-12-2-4-13(5-3-12)26-19(28)29/h8,10-14,26H,2-7,9H2,1H3,(H,22,24)(H,23,30)(H,25,27)(H,28,29). The molecule has 2 aliphatic rings. The molecule has 0 aromatic carbocycles. The van der Waals surface area contributed by atoms with Crippen LogP contribution in [0.4, 0.5) is 15.3 Å². The van der Waals surface area contributed by atoms with E-state index in [9.17, 15) is 14.4 Å². The lowest BCUT2D eigenvalue weighted by molar-refractivity contribution is 0.0923. The molecule has 0 saturated heterocycles. The Balaban J connectivity index is 1.51. The van der Waals surface area contributed by atoms with Crippen LogP contribution < -0.4 is 21.3 Å². The maximum Gasteiger partial charge on any atom is 0.406 e. The van der Waals surface area contributed by atoms with Crippen LogP contribution in [0.5, 0.6) is 0 Å². The average Bonchev–Trinajstić information content (AvgIpc) is 2.70. The number of methoxy groups -OCH3 is 1. The highest BCUT2D eigenvalue weighted by Crippen LogP contribution is 2.31. The van der Waals surface area contributed by atoms with Gasteiger partial charge in [0, 0.05) is 30.9 Å². The second-order valence-corrected chi connectivity index (χ2v) is 8.46. The quantitative estimate of drug-likeness (QED) is 0.399. The van der Waals surface area contributed by atoms with Crippen molar-refractivity contribution in [2.24, 2.45) is 5.92 Å². The average molecular weight is 454 g/mol. The molecule has 0 unspecified atom stereocenters. The summed E-state index contributed by atoms with van der Waals surface area (Å²) in [7, 11) is 1.33. The first-order chi connectivity index (χ1) is 14.8. The van der Waals surface area contributed by atoms with Crippen LogP contribution in [-0.2, 0) is 4.74 Å². The number of alkyl carbamates (subject to hydrolysis) is 1. The molecule has 1 aromatic rings. The molecule has 0 aliphatic heterocycles. The SMILES string of the molecule is COC(=O)NCC1CC(Nc2cc(Cl)ncc2C(=O)NC2CCC(NC(=O)O)CC2)C1. The highest BCUT2D eigenvalue weighted by atomic mass is 35.5. The maximum atomic E-state index is 12.9. The zero-order valence-electron chi connectivity index (χ0n) is 17.3. The van der Waals surface area contributed by atoms with Crippen molar-refractivity contribution in [3.63, 3.8) is 0 Å². The van der Waals surface area contributed by atoms with E-state index in [-0.39, 0.29) is 24.0 Å². The number of pyridine rings is 1. The van der Waals surface area contributed by atoms with Gasteiger partial charge in [-0.15, -0.1) is 0 Å². The van der Waals surface area contributed by atoms with Crippen molar-refractivity contribution >= 4 is 35.4 Å². The lowest BCUT2D eigenvalue weighted by atomic mass is 9.80. The summed E-state index contributed by atoms with van der Waals surface area (Å²) >= 11 is 6.05. The third kappa shape index (κ3) is 6.61. The summed E-state index contributed by atoms with van der Waals surface area (Å²) in [6, 6.07) is 1.73. The van der Waals surface area contributed by atoms with Crippen molar-refractivity contribution in [2.45, 2.75) is 56.7 Å². The largest absolute Gasteiger partial charge is 0.465 e. The second-order valence-electron chi connectivity index (χ2n) is 8.08. The van der Waals surface area contributed by atoms with Gasteiger partial charge < -0.3 is 31.1 Å². The summed E-state index contributed by atoms with van der Waals surface area (Å²) in [4.78, 5) is 38.8. The lowest BCUT2D eigenvalue weighted by Crippen LogP contribution is -2.44. The van der Waals surface area contributed by atoms with Gasteiger partial charge in [-0.2, -0.15) is 0 Å². The monoisotopic (exact) mass is 453 g/mol. The number of anilines is 1. The third-order valence-electron chi connectivity index (χ3n) is 5.82. The molecular formula is C20H28ClN5O5. The van der Waals surface area contributed by atoms with E-state index in [0.29, 0.717) is 54.5 Å². The van der Waals surface area contributed by atoms with Gasteiger partial charge in [-0.1, -0.05) is 11.6 Å². The molecular weight excluding hydrogens is 426 g/mol. The van der Waals surface area contributed by atoms with Crippen molar-refractivity contribution in [2.75, 3.05) is 19.0 Å². The number of hydrogen-bond acceptors (Lipinski definition) is 6. The van der Waals surface area contributed by atoms with Gasteiger partial charge in [0.05, 0.1) is 18.4 Å². The van der Waals surface area contributed by atoms with E-state index in [2.05, 4.69) is 31.0 Å². The minimum Gasteiger partial charge on any atom is -0.465 e. The molecule has 0 spiro atoms. The topological polar surface area (TPSA) is 142 Å². The van der Waals surface area contributed by atoms with Crippen LogP contribution in [0.15, 0.2) is 12.3 Å². The predicted molar refractivity (Wildman–Crippen MR) is 114 cm³/mol. The Morgan fingerprint density at radius 2 is 1.77 bits per heavy atom. The summed E-state index contributed by atoms with van der Waals surface area (Å²) in [5, 5.41) is 20.7. The molecule has 31 heavy (non-hydrogen) atoms. The number of aromatic nitrogens is 1. The molecule has 11 heteroatoms. The van der Waals surface area contributed by atoms with Gasteiger partial charge in [0.1, 0.15) is 5.15 Å². The highest BCUT2D eigenvalue weighted by molar-refractivity contribution is 6.29. The number of amides is 3. The summed E-state index contributed by atoms with van der Waals surface area (Å²) in [6.45, 7) is 0.550. The highest BCUT2D eigenvalue weighted by Gasteiger charge is 2.31. The number of nitrogens with one attached hydrogen (secondary N) is 4. The number of halogens is 1. The number of nitrogens with zero attached hydrogens (tertiary/aromatic N) is 1. The zero-order valence-corrected chi connectivity index (χ0v) is 18.1. The van der Waals surface area contributed by atoms with Crippen molar-refractivity contribution in [1.29, 1.82) is 0 Å². The van der Waals surface area contributed by atoms with Crippen LogP contribution in [0.1, 0.15) is 48.9 Å². The first-order valence-corrected chi connectivity index (χ1v) is 10.8. The van der Waals surface area contributed by atoms with Gasteiger partial charge in [0.15, 0.2) is 0 Å². The van der Waals surface area contributed by atoms with E-state index in [1.165, 1.54) is 13.3 Å². The molecule has 2 saturated carbocycles. The molecule has 1 aromatic heterocycles. The Labute approximate surface area is 185 Å². The van der Waals surface area contributed by atoms with Gasteiger partial charge in [-0.05, 0) is 50.5 Å². The minimum atomic E-state index is -1.02. The van der Waals surface area contributed by atoms with E-state index >= 15 is 0 Å². The first kappa shape index (κ1) is 22.9. The summed E-state index contributed by atoms with van der Waals surface area (Å²) in [6.07, 6.45) is 4.49. The second kappa shape index (κ2) is 10.5. The van der Waals surface area contributed by atoms with Gasteiger partial charge in [0.2, 0.25) is 0 Å². The van der Waals surface area contributed by atoms with Crippen molar-refractivity contribution < 1.29 is 24.2 Å². The van der Waals surface area contributed by atoms with E-state index in [0.717, 1.165) is 12.8 Å². The fourth-order valence-corrected chi connectivity index (χ4v) is 4.25. The van der Waals surface area contributed by atoms with Crippen LogP contribution in [0.25, 0.3) is 0 Å². The number of rotatable bonds is 7. The van der Waals surface area contributed by atoms with E-state index in [1.54, 1.807) is 6.07 Å². The van der Waals surface area contributed by atoms with E-state index < -0.39 is 12.2 Å². The van der Waals surface area contributed by atoms with Crippen molar-refractivity contribution in [1.82, 2.24) is 20.9 Å². The molecule has 0 radical (unpaired) electrons. The Morgan fingerprint density at radius 1 is 1.13 bits per heavy atom. The third-order valence-corrected chi connectivity index (χ3v) is 6.03. The van der Waals surface area contributed by atoms with Gasteiger partial charge in [0.25, 0.3) is 5.91 Å². The molecule has 1 heterocycles. The molecule has 10 nitrogen and oxygen atoms in total. The Bertz CT molecular complexity index is 809. The Morgan fingerprint density at radius 3 is 2.39 bits per heavy atom.